The van der Waals surface area contributed by atoms with E-state index in [9.17, 15) is 20.2 Å². The predicted molar refractivity (Wildman–Crippen MR) is 105 cm³/mol. The number of non-ortho nitro benzene ring substituents is 1. The molecule has 7 nitrogen and oxygen atoms in total. The first kappa shape index (κ1) is 19.9. The highest BCUT2D eigenvalue weighted by Gasteiger charge is 2.14. The summed E-state index contributed by atoms with van der Waals surface area (Å²) >= 11 is 6.00. The molecular formula is C19H17ClN4O3. The summed E-state index contributed by atoms with van der Waals surface area (Å²) in [6.45, 7) is 5.69. The molecule has 8 heteroatoms. The molecule has 2 aromatic carbocycles. The third-order valence-electron chi connectivity index (χ3n) is 3.81. The summed E-state index contributed by atoms with van der Waals surface area (Å²) in [6, 6.07) is 9.52. The molecule has 0 spiro atoms. The second-order valence-corrected chi connectivity index (χ2v) is 6.37. The number of anilines is 2. The topological polar surface area (TPSA) is 108 Å². The fraction of sp³-hybridized carbons (Fsp3) is 0.158. The summed E-state index contributed by atoms with van der Waals surface area (Å²) < 4.78 is 0. The Kier molecular flexibility index (Phi) is 6.16. The van der Waals surface area contributed by atoms with E-state index < -0.39 is 10.8 Å². The van der Waals surface area contributed by atoms with E-state index in [0.717, 1.165) is 16.7 Å². The number of nitro groups is 1. The van der Waals surface area contributed by atoms with Gasteiger partial charge in [0.2, 0.25) is 0 Å². The summed E-state index contributed by atoms with van der Waals surface area (Å²) in [7, 11) is 0. The number of hydrogen-bond donors (Lipinski definition) is 2. The molecule has 2 N–H and O–H groups in total. The van der Waals surface area contributed by atoms with Gasteiger partial charge >= 0.3 is 0 Å². The van der Waals surface area contributed by atoms with Crippen LogP contribution in [0.3, 0.4) is 0 Å². The summed E-state index contributed by atoms with van der Waals surface area (Å²) in [5.41, 5.74) is 3.33. The Bertz CT molecular complexity index is 970. The number of hydrogen-bond acceptors (Lipinski definition) is 5. The largest absolute Gasteiger partial charge is 0.359 e. The van der Waals surface area contributed by atoms with E-state index in [1.165, 1.54) is 24.4 Å². The van der Waals surface area contributed by atoms with E-state index in [-0.39, 0.29) is 22.0 Å². The van der Waals surface area contributed by atoms with Gasteiger partial charge in [0.25, 0.3) is 11.6 Å². The van der Waals surface area contributed by atoms with Crippen LogP contribution in [0.4, 0.5) is 17.1 Å². The fourth-order valence-corrected chi connectivity index (χ4v) is 2.77. The van der Waals surface area contributed by atoms with Crippen LogP contribution < -0.4 is 10.6 Å². The van der Waals surface area contributed by atoms with Crippen molar-refractivity contribution in [1.82, 2.24) is 0 Å². The van der Waals surface area contributed by atoms with Crippen LogP contribution in [0.2, 0.25) is 5.02 Å². The van der Waals surface area contributed by atoms with Gasteiger partial charge < -0.3 is 10.6 Å². The molecule has 2 rings (SSSR count). The average Bonchev–Trinajstić information content (AvgIpc) is 2.59. The van der Waals surface area contributed by atoms with E-state index in [1.807, 2.05) is 39.0 Å². The zero-order valence-electron chi connectivity index (χ0n) is 15.0. The highest BCUT2D eigenvalue weighted by molar-refractivity contribution is 6.33. The Labute approximate surface area is 161 Å². The zero-order chi connectivity index (χ0) is 20.1. The van der Waals surface area contributed by atoms with Gasteiger partial charge in [0.1, 0.15) is 11.6 Å². The number of amides is 1. The number of nitrogens with zero attached hydrogens (tertiary/aromatic N) is 2. The lowest BCUT2D eigenvalue weighted by Crippen LogP contribution is -2.16. The molecule has 2 aromatic rings. The minimum Gasteiger partial charge on any atom is -0.359 e. The van der Waals surface area contributed by atoms with Crippen molar-refractivity contribution in [1.29, 1.82) is 5.26 Å². The number of nitrogens with one attached hydrogen (secondary N) is 2. The second kappa shape index (κ2) is 8.34. The van der Waals surface area contributed by atoms with Gasteiger partial charge in [-0.3, -0.25) is 14.9 Å². The van der Waals surface area contributed by atoms with Crippen LogP contribution in [0, 0.1) is 42.2 Å². The van der Waals surface area contributed by atoms with E-state index >= 15 is 0 Å². The SMILES string of the molecule is Cc1cc(C)c(NC(=O)/C(C#N)=C\Nc2cc([N+](=O)[O-])ccc2Cl)c(C)c1. The molecule has 27 heavy (non-hydrogen) atoms. The summed E-state index contributed by atoms with van der Waals surface area (Å²) in [5, 5.41) is 25.8. The highest BCUT2D eigenvalue weighted by atomic mass is 35.5. The lowest BCUT2D eigenvalue weighted by atomic mass is 10.0. The molecule has 0 aliphatic heterocycles. The first-order chi connectivity index (χ1) is 12.7. The molecule has 0 aromatic heterocycles. The van der Waals surface area contributed by atoms with Crippen molar-refractivity contribution in [2.24, 2.45) is 0 Å². The average molecular weight is 385 g/mol. The number of carbonyl (C=O) groups is 1. The number of benzene rings is 2. The minimum absolute atomic E-state index is 0.163. The maximum absolute atomic E-state index is 12.4. The number of rotatable bonds is 5. The summed E-state index contributed by atoms with van der Waals surface area (Å²) in [4.78, 5) is 22.7. The van der Waals surface area contributed by atoms with Gasteiger partial charge in [-0.2, -0.15) is 5.26 Å². The van der Waals surface area contributed by atoms with Gasteiger partial charge in [-0.25, -0.2) is 0 Å². The van der Waals surface area contributed by atoms with Gasteiger partial charge in [-0.1, -0.05) is 29.3 Å². The fourth-order valence-electron chi connectivity index (χ4n) is 2.59. The van der Waals surface area contributed by atoms with Crippen molar-refractivity contribution >= 4 is 34.6 Å². The Balaban J connectivity index is 2.24. The van der Waals surface area contributed by atoms with Crippen molar-refractivity contribution in [2.75, 3.05) is 10.6 Å². The molecule has 0 heterocycles. The van der Waals surface area contributed by atoms with Crippen molar-refractivity contribution in [3.05, 3.63) is 73.9 Å². The van der Waals surface area contributed by atoms with Crippen molar-refractivity contribution < 1.29 is 9.72 Å². The van der Waals surface area contributed by atoms with Crippen LogP contribution in [0.5, 0.6) is 0 Å². The number of carbonyl (C=O) groups excluding carboxylic acids is 1. The van der Waals surface area contributed by atoms with Gasteiger partial charge in [0, 0.05) is 24.0 Å². The Hall–Kier alpha value is -3.37. The van der Waals surface area contributed by atoms with Crippen LogP contribution in [-0.2, 0) is 4.79 Å². The molecule has 0 aliphatic rings. The molecule has 0 unspecified atom stereocenters. The standard InChI is InChI=1S/C19H17ClN4O3/c1-11-6-12(2)18(13(3)7-11)23-19(25)14(9-21)10-22-17-8-15(24(26)27)4-5-16(17)20/h4-8,10,22H,1-3H3,(H,23,25)/b14-10-. The van der Waals surface area contributed by atoms with E-state index in [0.29, 0.717) is 5.69 Å². The highest BCUT2D eigenvalue weighted by Crippen LogP contribution is 2.27. The van der Waals surface area contributed by atoms with Gasteiger partial charge in [-0.05, 0) is 38.0 Å². The van der Waals surface area contributed by atoms with E-state index in [1.54, 1.807) is 0 Å². The lowest BCUT2D eigenvalue weighted by molar-refractivity contribution is -0.384. The maximum Gasteiger partial charge on any atom is 0.271 e. The Morgan fingerprint density at radius 2 is 1.85 bits per heavy atom. The molecule has 0 radical (unpaired) electrons. The quantitative estimate of drug-likeness (QED) is 0.338. The summed E-state index contributed by atoms with van der Waals surface area (Å²) in [6.07, 6.45) is 1.17. The van der Waals surface area contributed by atoms with Crippen LogP contribution in [0.25, 0.3) is 0 Å². The second-order valence-electron chi connectivity index (χ2n) is 5.96. The monoisotopic (exact) mass is 384 g/mol. The first-order valence-electron chi connectivity index (χ1n) is 7.93. The van der Waals surface area contributed by atoms with Crippen LogP contribution in [0.15, 0.2) is 42.1 Å². The normalized spacial score (nSPS) is 10.9. The molecule has 0 bridgehead atoms. The summed E-state index contributed by atoms with van der Waals surface area (Å²) in [5.74, 6) is -0.596. The molecule has 0 fully saturated rings. The van der Waals surface area contributed by atoms with Crippen LogP contribution in [-0.4, -0.2) is 10.8 Å². The number of aryl methyl sites for hydroxylation is 3. The number of nitro benzene ring substituents is 1. The molecule has 0 saturated heterocycles. The van der Waals surface area contributed by atoms with Gasteiger partial charge in [0.15, 0.2) is 0 Å². The molecule has 1 amide bonds. The molecule has 0 atom stereocenters. The minimum atomic E-state index is -0.596. The Morgan fingerprint density at radius 1 is 1.22 bits per heavy atom. The van der Waals surface area contributed by atoms with Crippen LogP contribution >= 0.6 is 11.6 Å². The zero-order valence-corrected chi connectivity index (χ0v) is 15.7. The molecule has 0 saturated carbocycles. The smallest absolute Gasteiger partial charge is 0.271 e. The van der Waals surface area contributed by atoms with E-state index in [2.05, 4.69) is 10.6 Å². The first-order valence-corrected chi connectivity index (χ1v) is 8.30. The third kappa shape index (κ3) is 4.84. The third-order valence-corrected chi connectivity index (χ3v) is 4.14. The van der Waals surface area contributed by atoms with Crippen LogP contribution in [0.1, 0.15) is 16.7 Å². The Morgan fingerprint density at radius 3 is 2.41 bits per heavy atom. The molecule has 0 aliphatic carbocycles. The molecule has 138 valence electrons. The number of nitriles is 1. The maximum atomic E-state index is 12.4. The lowest BCUT2D eigenvalue weighted by Gasteiger charge is -2.12. The van der Waals surface area contributed by atoms with Crippen molar-refractivity contribution in [2.45, 2.75) is 20.8 Å². The van der Waals surface area contributed by atoms with Crippen molar-refractivity contribution in [3.63, 3.8) is 0 Å². The van der Waals surface area contributed by atoms with Gasteiger partial charge in [0.05, 0.1) is 15.6 Å². The number of halogens is 1. The molecular weight excluding hydrogens is 368 g/mol. The van der Waals surface area contributed by atoms with Crippen molar-refractivity contribution in [3.8, 4) is 6.07 Å². The predicted octanol–water partition coefficient (Wildman–Crippen LogP) is 4.63. The van der Waals surface area contributed by atoms with E-state index in [4.69, 9.17) is 11.6 Å². The van der Waals surface area contributed by atoms with Gasteiger partial charge in [-0.15, -0.1) is 0 Å².